The van der Waals surface area contributed by atoms with Crippen LogP contribution in [-0.2, 0) is 23.1 Å². The zero-order chi connectivity index (χ0) is 18.6. The van der Waals surface area contributed by atoms with Crippen LogP contribution < -0.4 is 4.72 Å². The summed E-state index contributed by atoms with van der Waals surface area (Å²) in [5, 5.41) is 0. The highest BCUT2D eigenvalue weighted by atomic mass is 32.2. The second kappa shape index (κ2) is 8.29. The minimum absolute atomic E-state index is 0.0841. The van der Waals surface area contributed by atoms with E-state index in [0.29, 0.717) is 5.56 Å². The van der Waals surface area contributed by atoms with Crippen molar-refractivity contribution >= 4 is 10.0 Å². The Morgan fingerprint density at radius 1 is 1.04 bits per heavy atom. The van der Waals surface area contributed by atoms with E-state index in [1.807, 2.05) is 18.2 Å². The molecule has 0 atom stereocenters. The van der Waals surface area contributed by atoms with Gasteiger partial charge in [-0.2, -0.15) is 0 Å². The number of aryl methyl sites for hydroxylation is 1. The predicted octanol–water partition coefficient (Wildman–Crippen LogP) is 3.60. The highest BCUT2D eigenvalue weighted by Crippen LogP contribution is 2.16. The minimum Gasteiger partial charge on any atom is -0.299 e. The van der Waals surface area contributed by atoms with E-state index in [9.17, 15) is 12.8 Å². The van der Waals surface area contributed by atoms with Gasteiger partial charge in [0, 0.05) is 13.1 Å². The lowest BCUT2D eigenvalue weighted by atomic mass is 10.1. The van der Waals surface area contributed by atoms with Crippen molar-refractivity contribution in [1.29, 1.82) is 0 Å². The number of likely N-dealkylation sites (tertiary alicyclic amines) is 1. The van der Waals surface area contributed by atoms with Crippen LogP contribution in [0.1, 0.15) is 36.0 Å². The largest absolute Gasteiger partial charge is 0.299 e. The van der Waals surface area contributed by atoms with Crippen molar-refractivity contribution in [3.05, 3.63) is 65.0 Å². The van der Waals surface area contributed by atoms with Gasteiger partial charge in [0.25, 0.3) is 0 Å². The van der Waals surface area contributed by atoms with Gasteiger partial charge in [0.05, 0.1) is 4.90 Å². The Morgan fingerprint density at radius 2 is 1.77 bits per heavy atom. The predicted molar refractivity (Wildman–Crippen MR) is 101 cm³/mol. The van der Waals surface area contributed by atoms with Crippen LogP contribution in [0.25, 0.3) is 0 Å². The van der Waals surface area contributed by atoms with Gasteiger partial charge in [0.2, 0.25) is 10.0 Å². The maximum absolute atomic E-state index is 13.4. The SMILES string of the molecule is Cc1cc(S(=O)(=O)NCc2cccc(CN3CCCCC3)c2)ccc1F. The van der Waals surface area contributed by atoms with Gasteiger partial charge < -0.3 is 0 Å². The van der Waals surface area contributed by atoms with Crippen LogP contribution in [0.4, 0.5) is 4.39 Å². The lowest BCUT2D eigenvalue weighted by Crippen LogP contribution is -2.29. The van der Waals surface area contributed by atoms with Crippen molar-refractivity contribution in [1.82, 2.24) is 9.62 Å². The highest BCUT2D eigenvalue weighted by molar-refractivity contribution is 7.89. The molecule has 0 aliphatic carbocycles. The van der Waals surface area contributed by atoms with Crippen LogP contribution in [0.2, 0.25) is 0 Å². The van der Waals surface area contributed by atoms with Crippen molar-refractivity contribution in [3.8, 4) is 0 Å². The molecule has 4 nitrogen and oxygen atoms in total. The van der Waals surface area contributed by atoms with E-state index in [4.69, 9.17) is 0 Å². The van der Waals surface area contributed by atoms with Gasteiger partial charge in [-0.15, -0.1) is 0 Å². The molecular formula is C20H25FN2O2S. The number of sulfonamides is 1. The van der Waals surface area contributed by atoms with Gasteiger partial charge in [-0.1, -0.05) is 30.7 Å². The van der Waals surface area contributed by atoms with E-state index in [-0.39, 0.29) is 11.4 Å². The van der Waals surface area contributed by atoms with Gasteiger partial charge in [0.1, 0.15) is 5.82 Å². The van der Waals surface area contributed by atoms with Crippen LogP contribution in [0, 0.1) is 12.7 Å². The molecule has 0 unspecified atom stereocenters. The van der Waals surface area contributed by atoms with Crippen molar-refractivity contribution in [3.63, 3.8) is 0 Å². The molecule has 1 N–H and O–H groups in total. The molecule has 0 spiro atoms. The van der Waals surface area contributed by atoms with Gasteiger partial charge in [-0.05, 0) is 67.7 Å². The molecule has 0 radical (unpaired) electrons. The standard InChI is InChI=1S/C20H25FN2O2S/c1-16-12-19(8-9-20(16)21)26(24,25)22-14-17-6-5-7-18(13-17)15-23-10-3-2-4-11-23/h5-9,12-13,22H,2-4,10-11,14-15H2,1H3. The number of nitrogens with zero attached hydrogens (tertiary/aromatic N) is 1. The first-order valence-corrected chi connectivity index (χ1v) is 10.5. The molecule has 1 fully saturated rings. The van der Waals surface area contributed by atoms with E-state index in [1.165, 1.54) is 43.0 Å². The quantitative estimate of drug-likeness (QED) is 0.838. The average molecular weight is 376 g/mol. The number of hydrogen-bond acceptors (Lipinski definition) is 3. The Hall–Kier alpha value is -1.76. The van der Waals surface area contributed by atoms with Gasteiger partial charge >= 0.3 is 0 Å². The summed E-state index contributed by atoms with van der Waals surface area (Å²) in [5.41, 5.74) is 2.43. The zero-order valence-corrected chi connectivity index (χ0v) is 15.9. The number of piperidine rings is 1. The van der Waals surface area contributed by atoms with Crippen LogP contribution in [0.15, 0.2) is 47.4 Å². The molecule has 1 heterocycles. The molecule has 0 bridgehead atoms. The van der Waals surface area contributed by atoms with Gasteiger partial charge in [-0.3, -0.25) is 4.90 Å². The second-order valence-corrected chi connectivity index (χ2v) is 8.66. The molecular weight excluding hydrogens is 351 g/mol. The summed E-state index contributed by atoms with van der Waals surface area (Å²) in [7, 11) is -3.66. The van der Waals surface area contributed by atoms with Gasteiger partial charge in [-0.25, -0.2) is 17.5 Å². The fourth-order valence-electron chi connectivity index (χ4n) is 3.26. The smallest absolute Gasteiger partial charge is 0.240 e. The third-order valence-corrected chi connectivity index (χ3v) is 6.15. The Balaban J connectivity index is 1.65. The molecule has 1 saturated heterocycles. The topological polar surface area (TPSA) is 49.4 Å². The molecule has 1 aliphatic heterocycles. The fourth-order valence-corrected chi connectivity index (χ4v) is 4.36. The van der Waals surface area contributed by atoms with Crippen LogP contribution >= 0.6 is 0 Å². The molecule has 0 saturated carbocycles. The first kappa shape index (κ1) is 19.0. The minimum atomic E-state index is -3.66. The molecule has 0 aromatic heterocycles. The van der Waals surface area contributed by atoms with E-state index in [2.05, 4.69) is 15.7 Å². The third kappa shape index (κ3) is 4.90. The van der Waals surface area contributed by atoms with E-state index < -0.39 is 15.8 Å². The van der Waals surface area contributed by atoms with Crippen molar-refractivity contribution < 1.29 is 12.8 Å². The van der Waals surface area contributed by atoms with Crippen LogP contribution in [0.3, 0.4) is 0 Å². The molecule has 0 amide bonds. The molecule has 2 aromatic carbocycles. The lowest BCUT2D eigenvalue weighted by Gasteiger charge is -2.26. The molecule has 3 rings (SSSR count). The Bertz CT molecular complexity index is 862. The number of benzene rings is 2. The molecule has 6 heteroatoms. The number of rotatable bonds is 6. The maximum atomic E-state index is 13.4. The highest BCUT2D eigenvalue weighted by Gasteiger charge is 2.15. The van der Waals surface area contributed by atoms with Crippen molar-refractivity contribution in [2.45, 2.75) is 44.2 Å². The van der Waals surface area contributed by atoms with Crippen molar-refractivity contribution in [2.75, 3.05) is 13.1 Å². The number of hydrogen-bond donors (Lipinski definition) is 1. The first-order chi connectivity index (χ1) is 12.4. The summed E-state index contributed by atoms with van der Waals surface area (Å²) < 4.78 is 40.8. The molecule has 26 heavy (non-hydrogen) atoms. The van der Waals surface area contributed by atoms with E-state index in [0.717, 1.165) is 25.2 Å². The maximum Gasteiger partial charge on any atom is 0.240 e. The monoisotopic (exact) mass is 376 g/mol. The molecule has 2 aromatic rings. The first-order valence-electron chi connectivity index (χ1n) is 9.00. The summed E-state index contributed by atoms with van der Waals surface area (Å²) >= 11 is 0. The summed E-state index contributed by atoms with van der Waals surface area (Å²) in [4.78, 5) is 2.52. The Kier molecular flexibility index (Phi) is 6.06. The summed E-state index contributed by atoms with van der Waals surface area (Å²) in [6, 6.07) is 11.8. The summed E-state index contributed by atoms with van der Waals surface area (Å²) in [6.45, 7) is 4.92. The van der Waals surface area contributed by atoms with Crippen LogP contribution in [-0.4, -0.2) is 26.4 Å². The molecule has 1 aliphatic rings. The number of halogens is 1. The lowest BCUT2D eigenvalue weighted by molar-refractivity contribution is 0.221. The summed E-state index contributed by atoms with van der Waals surface area (Å²) in [6.07, 6.45) is 3.80. The summed E-state index contributed by atoms with van der Waals surface area (Å²) in [5.74, 6) is -0.408. The van der Waals surface area contributed by atoms with Gasteiger partial charge in [0.15, 0.2) is 0 Å². The third-order valence-electron chi connectivity index (χ3n) is 4.75. The molecule has 140 valence electrons. The zero-order valence-electron chi connectivity index (χ0n) is 15.0. The van der Waals surface area contributed by atoms with Crippen LogP contribution in [0.5, 0.6) is 0 Å². The second-order valence-electron chi connectivity index (χ2n) is 6.89. The Morgan fingerprint density at radius 3 is 2.50 bits per heavy atom. The number of nitrogens with one attached hydrogen (secondary N) is 1. The average Bonchev–Trinajstić information content (AvgIpc) is 2.63. The van der Waals surface area contributed by atoms with E-state index >= 15 is 0 Å². The Labute approximate surface area is 155 Å². The van der Waals surface area contributed by atoms with E-state index in [1.54, 1.807) is 6.92 Å². The van der Waals surface area contributed by atoms with Crippen molar-refractivity contribution in [2.24, 2.45) is 0 Å². The fraction of sp³-hybridized carbons (Fsp3) is 0.400. The normalized spacial score (nSPS) is 15.9.